The lowest BCUT2D eigenvalue weighted by molar-refractivity contribution is -0.132. The molecule has 18 heavy (non-hydrogen) atoms. The van der Waals surface area contributed by atoms with Crippen molar-refractivity contribution in [1.29, 1.82) is 0 Å². The van der Waals surface area contributed by atoms with Crippen LogP contribution in [0.2, 0.25) is 0 Å². The number of carbonyl (C=O) groups excluding carboxylic acids is 1. The molecule has 2 unspecified atom stereocenters. The van der Waals surface area contributed by atoms with Gasteiger partial charge in [0.25, 0.3) is 0 Å². The Morgan fingerprint density at radius 3 is 2.61 bits per heavy atom. The summed E-state index contributed by atoms with van der Waals surface area (Å²) in [6.45, 7) is 2.03. The van der Waals surface area contributed by atoms with Crippen molar-refractivity contribution in [3.8, 4) is 0 Å². The summed E-state index contributed by atoms with van der Waals surface area (Å²) in [5.74, 6) is 0.890. The van der Waals surface area contributed by atoms with Crippen molar-refractivity contribution < 1.29 is 13.2 Å². The van der Waals surface area contributed by atoms with E-state index in [-0.39, 0.29) is 23.5 Å². The van der Waals surface area contributed by atoms with Crippen LogP contribution >= 0.6 is 0 Å². The predicted octanol–water partition coefficient (Wildman–Crippen LogP) is -0.0263. The minimum absolute atomic E-state index is 0.0948. The molecule has 2 atom stereocenters. The number of likely N-dealkylation sites (tertiary alicyclic amines) is 1. The molecule has 0 spiro atoms. The molecule has 2 heterocycles. The number of rotatable bonds is 3. The van der Waals surface area contributed by atoms with Crippen LogP contribution in [0.15, 0.2) is 0 Å². The van der Waals surface area contributed by atoms with E-state index in [2.05, 4.69) is 11.9 Å². The van der Waals surface area contributed by atoms with E-state index in [4.69, 9.17) is 0 Å². The topological polar surface area (TPSA) is 57.7 Å². The van der Waals surface area contributed by atoms with E-state index in [9.17, 15) is 13.2 Å². The lowest BCUT2D eigenvalue weighted by atomic mass is 10.0. The normalized spacial score (nSPS) is 31.7. The largest absolute Gasteiger partial charge is 0.342 e. The third-order valence-electron chi connectivity index (χ3n) is 4.10. The summed E-state index contributed by atoms with van der Waals surface area (Å²) < 4.78 is 22.8. The standard InChI is InChI=1S/C12H22N2O3S/c1-13-5-3-10(8-13)7-12(15)14(2)11-4-6-18(16,17)9-11/h10-11H,3-9H2,1-2H3. The van der Waals surface area contributed by atoms with Crippen molar-refractivity contribution in [2.45, 2.75) is 25.3 Å². The zero-order valence-electron chi connectivity index (χ0n) is 11.1. The van der Waals surface area contributed by atoms with Gasteiger partial charge in [0, 0.05) is 26.1 Å². The highest BCUT2D eigenvalue weighted by atomic mass is 32.2. The Bertz CT molecular complexity index is 421. The molecule has 2 fully saturated rings. The van der Waals surface area contributed by atoms with Gasteiger partial charge >= 0.3 is 0 Å². The second kappa shape index (κ2) is 5.17. The molecule has 0 saturated carbocycles. The maximum Gasteiger partial charge on any atom is 0.222 e. The van der Waals surface area contributed by atoms with E-state index in [1.165, 1.54) is 0 Å². The van der Waals surface area contributed by atoms with Crippen molar-refractivity contribution in [3.63, 3.8) is 0 Å². The summed E-state index contributed by atoms with van der Waals surface area (Å²) in [5.41, 5.74) is 0. The maximum absolute atomic E-state index is 12.1. The zero-order valence-corrected chi connectivity index (χ0v) is 11.9. The van der Waals surface area contributed by atoms with E-state index in [0.29, 0.717) is 18.8 Å². The van der Waals surface area contributed by atoms with Gasteiger partial charge in [-0.1, -0.05) is 0 Å². The monoisotopic (exact) mass is 274 g/mol. The lowest BCUT2D eigenvalue weighted by Crippen LogP contribution is -2.38. The van der Waals surface area contributed by atoms with Crippen LogP contribution in [0.4, 0.5) is 0 Å². The molecule has 6 heteroatoms. The molecule has 104 valence electrons. The second-order valence-corrected chi connectivity index (χ2v) is 7.91. The molecule has 0 bridgehead atoms. The van der Waals surface area contributed by atoms with E-state index in [1.54, 1.807) is 11.9 Å². The molecular weight excluding hydrogens is 252 g/mol. The Hall–Kier alpha value is -0.620. The predicted molar refractivity (Wildman–Crippen MR) is 70.0 cm³/mol. The maximum atomic E-state index is 12.1. The number of carbonyl (C=O) groups is 1. The van der Waals surface area contributed by atoms with Gasteiger partial charge in [0.05, 0.1) is 11.5 Å². The quantitative estimate of drug-likeness (QED) is 0.725. The molecular formula is C12H22N2O3S. The third kappa shape index (κ3) is 3.23. The number of sulfone groups is 1. The fourth-order valence-electron chi connectivity index (χ4n) is 2.87. The van der Waals surface area contributed by atoms with Crippen molar-refractivity contribution in [1.82, 2.24) is 9.80 Å². The molecule has 0 aromatic heterocycles. The fraction of sp³-hybridized carbons (Fsp3) is 0.917. The lowest BCUT2D eigenvalue weighted by Gasteiger charge is -2.24. The van der Waals surface area contributed by atoms with Gasteiger partial charge in [-0.3, -0.25) is 4.79 Å². The summed E-state index contributed by atoms with van der Waals surface area (Å²) in [6.07, 6.45) is 2.21. The molecule has 0 radical (unpaired) electrons. The van der Waals surface area contributed by atoms with Crippen molar-refractivity contribution in [3.05, 3.63) is 0 Å². The van der Waals surface area contributed by atoms with Crippen molar-refractivity contribution in [2.24, 2.45) is 5.92 Å². The molecule has 5 nitrogen and oxygen atoms in total. The van der Waals surface area contributed by atoms with Crippen LogP contribution in [0.25, 0.3) is 0 Å². The highest BCUT2D eigenvalue weighted by molar-refractivity contribution is 7.91. The average molecular weight is 274 g/mol. The minimum atomic E-state index is -2.91. The van der Waals surface area contributed by atoms with E-state index in [0.717, 1.165) is 19.5 Å². The first-order valence-corrected chi connectivity index (χ1v) is 8.34. The second-order valence-electron chi connectivity index (χ2n) is 5.68. The van der Waals surface area contributed by atoms with Gasteiger partial charge in [-0.2, -0.15) is 0 Å². The van der Waals surface area contributed by atoms with E-state index < -0.39 is 9.84 Å². The summed E-state index contributed by atoms with van der Waals surface area (Å²) >= 11 is 0. The van der Waals surface area contributed by atoms with Crippen LogP contribution < -0.4 is 0 Å². The molecule has 0 aromatic carbocycles. The first-order chi connectivity index (χ1) is 8.37. The van der Waals surface area contributed by atoms with Crippen molar-refractivity contribution in [2.75, 3.05) is 38.7 Å². The van der Waals surface area contributed by atoms with E-state index in [1.807, 2.05) is 0 Å². The SMILES string of the molecule is CN1CCC(CC(=O)N(C)C2CCS(=O)(=O)C2)C1. The molecule has 2 aliphatic heterocycles. The van der Waals surface area contributed by atoms with Crippen LogP contribution in [0, 0.1) is 5.92 Å². The molecule has 1 amide bonds. The number of nitrogens with zero attached hydrogens (tertiary/aromatic N) is 2. The Morgan fingerprint density at radius 2 is 2.11 bits per heavy atom. The molecule has 2 rings (SSSR count). The fourth-order valence-corrected chi connectivity index (χ4v) is 4.64. The van der Waals surface area contributed by atoms with Gasteiger partial charge in [-0.25, -0.2) is 8.42 Å². The highest BCUT2D eigenvalue weighted by Gasteiger charge is 2.33. The van der Waals surface area contributed by atoms with Gasteiger partial charge < -0.3 is 9.80 Å². The molecule has 0 aromatic rings. The Labute approximate surface area is 109 Å². The van der Waals surface area contributed by atoms with Crippen molar-refractivity contribution >= 4 is 15.7 Å². The molecule has 0 aliphatic carbocycles. The van der Waals surface area contributed by atoms with Crippen LogP contribution in [-0.2, 0) is 14.6 Å². The Balaban J connectivity index is 1.85. The molecule has 0 N–H and O–H groups in total. The van der Waals surface area contributed by atoms with Gasteiger partial charge in [-0.05, 0) is 32.4 Å². The average Bonchev–Trinajstić information content (AvgIpc) is 2.83. The molecule has 2 saturated heterocycles. The first kappa shape index (κ1) is 13.8. The van der Waals surface area contributed by atoms with Crippen LogP contribution in [0.5, 0.6) is 0 Å². The summed E-state index contributed by atoms with van der Waals surface area (Å²) in [4.78, 5) is 16.0. The number of amides is 1. The number of hydrogen-bond donors (Lipinski definition) is 0. The van der Waals surface area contributed by atoms with Gasteiger partial charge in [0.2, 0.25) is 5.91 Å². The van der Waals surface area contributed by atoms with Gasteiger partial charge in [0.15, 0.2) is 9.84 Å². The summed E-state index contributed by atoms with van der Waals surface area (Å²) in [7, 11) is 0.898. The van der Waals surface area contributed by atoms with Crippen LogP contribution in [-0.4, -0.2) is 68.9 Å². The van der Waals surface area contributed by atoms with Crippen LogP contribution in [0.3, 0.4) is 0 Å². The summed E-state index contributed by atoms with van der Waals surface area (Å²) in [5, 5.41) is 0. The number of hydrogen-bond acceptors (Lipinski definition) is 4. The van der Waals surface area contributed by atoms with Crippen LogP contribution in [0.1, 0.15) is 19.3 Å². The Morgan fingerprint density at radius 1 is 1.39 bits per heavy atom. The smallest absolute Gasteiger partial charge is 0.222 e. The third-order valence-corrected chi connectivity index (χ3v) is 5.85. The Kier molecular flexibility index (Phi) is 3.96. The first-order valence-electron chi connectivity index (χ1n) is 6.52. The highest BCUT2D eigenvalue weighted by Crippen LogP contribution is 2.22. The molecule has 2 aliphatic rings. The van der Waals surface area contributed by atoms with E-state index >= 15 is 0 Å². The summed E-state index contributed by atoms with van der Waals surface area (Å²) in [6, 6.07) is -0.110. The van der Waals surface area contributed by atoms with Gasteiger partial charge in [0.1, 0.15) is 0 Å². The van der Waals surface area contributed by atoms with Gasteiger partial charge in [-0.15, -0.1) is 0 Å². The zero-order chi connectivity index (χ0) is 13.3. The minimum Gasteiger partial charge on any atom is -0.342 e.